The van der Waals surface area contributed by atoms with Crippen LogP contribution >= 0.6 is 0 Å². The minimum absolute atomic E-state index is 0. The standard InChI is InChI=1S/C25H35N5O5.CH4/c1-17(29(19-10-11-19)24(31)23-14-27-18(15-34-2)16-35-23)22-13-21(9-6-12-26-25(32)33)30(28-22)20-7-4-3-5-8-20;/h3-5,7-8,13,17-19,23,26-27H,6,9-12,14-16H2,1-2H3,(H,32,33);1H4/t17-,18+,23-;/m1./s1. The average molecular weight is 502 g/mol. The number of carbonyl (C=O) groups excluding carboxylic acids is 1. The number of nitrogens with zero attached hydrogens (tertiary/aromatic N) is 3. The first-order valence-corrected chi connectivity index (χ1v) is 12.2. The fourth-order valence-electron chi connectivity index (χ4n) is 4.52. The van der Waals surface area contributed by atoms with E-state index in [1.165, 1.54) is 0 Å². The maximum absolute atomic E-state index is 13.5. The maximum Gasteiger partial charge on any atom is 0.404 e. The van der Waals surface area contributed by atoms with Gasteiger partial charge in [-0.15, -0.1) is 0 Å². The summed E-state index contributed by atoms with van der Waals surface area (Å²) in [6.07, 6.45) is 1.72. The summed E-state index contributed by atoms with van der Waals surface area (Å²) in [4.78, 5) is 26.3. The van der Waals surface area contributed by atoms with E-state index in [1.807, 2.05) is 52.9 Å². The van der Waals surface area contributed by atoms with Crippen LogP contribution < -0.4 is 10.6 Å². The molecule has 10 nitrogen and oxygen atoms in total. The van der Waals surface area contributed by atoms with Gasteiger partial charge in [0.1, 0.15) is 6.10 Å². The Morgan fingerprint density at radius 2 is 2.08 bits per heavy atom. The highest BCUT2D eigenvalue weighted by molar-refractivity contribution is 5.82. The number of hydrogen-bond acceptors (Lipinski definition) is 6. The Labute approximate surface area is 212 Å². The summed E-state index contributed by atoms with van der Waals surface area (Å²) >= 11 is 0. The summed E-state index contributed by atoms with van der Waals surface area (Å²) in [6.45, 7) is 3.83. The lowest BCUT2D eigenvalue weighted by atomic mass is 10.1. The third-order valence-corrected chi connectivity index (χ3v) is 6.46. The molecule has 2 fully saturated rings. The van der Waals surface area contributed by atoms with Crippen molar-refractivity contribution in [1.82, 2.24) is 25.3 Å². The van der Waals surface area contributed by atoms with E-state index in [0.717, 1.165) is 29.9 Å². The number of morpholine rings is 1. The highest BCUT2D eigenvalue weighted by Crippen LogP contribution is 2.35. The van der Waals surface area contributed by atoms with Crippen LogP contribution in [-0.4, -0.2) is 83.4 Å². The quantitative estimate of drug-likeness (QED) is 0.405. The first kappa shape index (κ1) is 27.6. The maximum atomic E-state index is 13.5. The zero-order chi connectivity index (χ0) is 24.8. The van der Waals surface area contributed by atoms with Crippen molar-refractivity contribution in [3.63, 3.8) is 0 Å². The molecule has 1 saturated heterocycles. The number of aryl methyl sites for hydroxylation is 1. The van der Waals surface area contributed by atoms with Gasteiger partial charge in [-0.3, -0.25) is 4.79 Å². The Morgan fingerprint density at radius 3 is 2.69 bits per heavy atom. The van der Waals surface area contributed by atoms with Gasteiger partial charge in [-0.2, -0.15) is 5.10 Å². The Morgan fingerprint density at radius 1 is 1.33 bits per heavy atom. The van der Waals surface area contributed by atoms with E-state index in [-0.39, 0.29) is 31.5 Å². The highest BCUT2D eigenvalue weighted by Gasteiger charge is 2.41. The number of para-hydroxylation sites is 1. The summed E-state index contributed by atoms with van der Waals surface area (Å²) in [7, 11) is 1.65. The normalized spacial score (nSPS) is 20.3. The Bertz CT molecular complexity index is 986. The van der Waals surface area contributed by atoms with Crippen molar-refractivity contribution in [3.05, 3.63) is 47.8 Å². The summed E-state index contributed by atoms with van der Waals surface area (Å²) in [5.74, 6) is -0.00941. The van der Waals surface area contributed by atoms with Crippen molar-refractivity contribution in [3.8, 4) is 5.69 Å². The molecule has 3 atom stereocenters. The Balaban J connectivity index is 0.00000361. The zero-order valence-corrected chi connectivity index (χ0v) is 20.4. The second-order valence-electron chi connectivity index (χ2n) is 9.18. The topological polar surface area (TPSA) is 118 Å². The summed E-state index contributed by atoms with van der Waals surface area (Å²) in [5, 5.41) is 19.5. The molecule has 0 radical (unpaired) electrons. The van der Waals surface area contributed by atoms with Crippen LogP contribution in [-0.2, 0) is 20.7 Å². The summed E-state index contributed by atoms with van der Waals surface area (Å²) in [6, 6.07) is 12.0. The zero-order valence-electron chi connectivity index (χ0n) is 20.4. The number of rotatable bonds is 11. The van der Waals surface area contributed by atoms with Crippen molar-refractivity contribution in [1.29, 1.82) is 0 Å². The number of amides is 2. The first-order valence-electron chi connectivity index (χ1n) is 12.2. The fraction of sp³-hybridized carbons (Fsp3) is 0.577. The molecule has 10 heteroatoms. The molecule has 1 aromatic heterocycles. The molecule has 4 rings (SSSR count). The van der Waals surface area contributed by atoms with Gasteiger partial charge in [-0.1, -0.05) is 25.6 Å². The molecule has 2 aliphatic rings. The van der Waals surface area contributed by atoms with Gasteiger partial charge >= 0.3 is 6.09 Å². The minimum Gasteiger partial charge on any atom is -0.465 e. The van der Waals surface area contributed by atoms with Crippen molar-refractivity contribution >= 4 is 12.0 Å². The number of aromatic nitrogens is 2. The second kappa shape index (κ2) is 12.8. The number of carboxylic acid groups (broad SMARTS) is 1. The number of benzene rings is 1. The van der Waals surface area contributed by atoms with Gasteiger partial charge < -0.3 is 30.1 Å². The molecule has 2 aromatic rings. The molecule has 0 unspecified atom stereocenters. The van der Waals surface area contributed by atoms with Crippen LogP contribution in [0.15, 0.2) is 36.4 Å². The molecule has 3 N–H and O–H groups in total. The van der Waals surface area contributed by atoms with Crippen LogP contribution in [0.5, 0.6) is 0 Å². The lowest BCUT2D eigenvalue weighted by molar-refractivity contribution is -0.150. The summed E-state index contributed by atoms with van der Waals surface area (Å²) in [5.41, 5.74) is 2.73. The van der Waals surface area contributed by atoms with Gasteiger partial charge in [0.15, 0.2) is 0 Å². The predicted molar refractivity (Wildman–Crippen MR) is 136 cm³/mol. The van der Waals surface area contributed by atoms with Crippen molar-refractivity contribution in [2.24, 2.45) is 0 Å². The molecular weight excluding hydrogens is 462 g/mol. The van der Waals surface area contributed by atoms with E-state index >= 15 is 0 Å². The molecular formula is C26H39N5O5. The van der Waals surface area contributed by atoms with Crippen LogP contribution in [0.3, 0.4) is 0 Å². The third-order valence-electron chi connectivity index (χ3n) is 6.46. The van der Waals surface area contributed by atoms with Crippen LogP contribution in [0.1, 0.15) is 51.0 Å². The molecule has 1 saturated carbocycles. The van der Waals surface area contributed by atoms with Crippen molar-refractivity contribution in [2.45, 2.75) is 64.3 Å². The van der Waals surface area contributed by atoms with Gasteiger partial charge in [0.2, 0.25) is 0 Å². The van der Waals surface area contributed by atoms with Gasteiger partial charge in [0, 0.05) is 31.9 Å². The number of hydrogen-bond donors (Lipinski definition) is 3. The van der Waals surface area contributed by atoms with Gasteiger partial charge in [-0.25, -0.2) is 9.48 Å². The van der Waals surface area contributed by atoms with Crippen molar-refractivity contribution < 1.29 is 24.2 Å². The molecule has 0 bridgehead atoms. The van der Waals surface area contributed by atoms with Gasteiger partial charge in [0.05, 0.1) is 36.7 Å². The number of methoxy groups -OCH3 is 1. The lowest BCUT2D eigenvalue weighted by Gasteiger charge is -2.35. The monoisotopic (exact) mass is 501 g/mol. The number of ether oxygens (including phenoxy) is 2. The lowest BCUT2D eigenvalue weighted by Crippen LogP contribution is -2.55. The van der Waals surface area contributed by atoms with E-state index in [0.29, 0.717) is 39.1 Å². The van der Waals surface area contributed by atoms with Crippen LogP contribution in [0.2, 0.25) is 0 Å². The summed E-state index contributed by atoms with van der Waals surface area (Å²) < 4.78 is 13.0. The highest BCUT2D eigenvalue weighted by atomic mass is 16.5. The molecule has 2 heterocycles. The molecule has 0 spiro atoms. The van der Waals surface area contributed by atoms with Gasteiger partial charge in [0.25, 0.3) is 5.91 Å². The molecule has 1 aliphatic heterocycles. The van der Waals surface area contributed by atoms with E-state index in [2.05, 4.69) is 10.6 Å². The second-order valence-corrected chi connectivity index (χ2v) is 9.18. The van der Waals surface area contributed by atoms with Crippen molar-refractivity contribution in [2.75, 3.05) is 33.4 Å². The fourth-order valence-corrected chi connectivity index (χ4v) is 4.52. The van der Waals surface area contributed by atoms with Crippen LogP contribution in [0.4, 0.5) is 4.79 Å². The smallest absolute Gasteiger partial charge is 0.404 e. The van der Waals surface area contributed by atoms with E-state index in [4.69, 9.17) is 19.7 Å². The minimum atomic E-state index is -1.03. The SMILES string of the molecule is C.COC[C@H]1CO[C@@H](C(=O)N(C2CC2)[C@H](C)c2cc(CCCNC(=O)O)n(-c3ccccc3)n2)CN1. The first-order chi connectivity index (χ1) is 17.0. The Kier molecular flexibility index (Phi) is 9.86. The molecule has 1 aromatic carbocycles. The number of carbonyl (C=O) groups is 2. The molecule has 36 heavy (non-hydrogen) atoms. The third kappa shape index (κ3) is 6.83. The van der Waals surface area contributed by atoms with Crippen LogP contribution in [0.25, 0.3) is 5.69 Å². The van der Waals surface area contributed by atoms with E-state index in [9.17, 15) is 9.59 Å². The molecule has 2 amide bonds. The molecule has 198 valence electrons. The average Bonchev–Trinajstić information content (AvgIpc) is 3.60. The van der Waals surface area contributed by atoms with Gasteiger partial charge in [-0.05, 0) is 50.8 Å². The molecule has 1 aliphatic carbocycles. The largest absolute Gasteiger partial charge is 0.465 e. The Hall–Kier alpha value is -2.95. The van der Waals surface area contributed by atoms with Crippen LogP contribution in [0, 0.1) is 0 Å². The number of nitrogens with one attached hydrogen (secondary N) is 2. The van der Waals surface area contributed by atoms with E-state index < -0.39 is 12.2 Å². The predicted octanol–water partition coefficient (Wildman–Crippen LogP) is 2.76. The van der Waals surface area contributed by atoms with E-state index in [1.54, 1.807) is 7.11 Å².